The molecule has 0 fully saturated rings. The largest absolute Gasteiger partial charge is 0.489 e. The summed E-state index contributed by atoms with van der Waals surface area (Å²) in [4.78, 5) is 4.32. The SMILES string of the molecule is Cc1ccc(CN)cc1OCc1ccc2ncccc2c1. The molecule has 0 radical (unpaired) electrons. The van der Waals surface area contributed by atoms with E-state index in [4.69, 9.17) is 10.5 Å². The molecule has 0 saturated heterocycles. The van der Waals surface area contributed by atoms with Crippen LogP contribution >= 0.6 is 0 Å². The first kappa shape index (κ1) is 13.6. The van der Waals surface area contributed by atoms with E-state index in [1.807, 2.05) is 37.3 Å². The average Bonchev–Trinajstić information content (AvgIpc) is 2.54. The third-order valence-corrected chi connectivity index (χ3v) is 3.55. The summed E-state index contributed by atoms with van der Waals surface area (Å²) < 4.78 is 5.94. The van der Waals surface area contributed by atoms with E-state index in [9.17, 15) is 0 Å². The van der Waals surface area contributed by atoms with Crippen molar-refractivity contribution < 1.29 is 4.74 Å². The molecule has 0 aliphatic carbocycles. The van der Waals surface area contributed by atoms with Gasteiger partial charge in [0.05, 0.1) is 5.52 Å². The molecule has 0 amide bonds. The summed E-state index contributed by atoms with van der Waals surface area (Å²) in [7, 11) is 0. The molecule has 106 valence electrons. The van der Waals surface area contributed by atoms with Gasteiger partial charge in [-0.3, -0.25) is 4.98 Å². The highest BCUT2D eigenvalue weighted by molar-refractivity contribution is 5.78. The zero-order valence-corrected chi connectivity index (χ0v) is 12.0. The van der Waals surface area contributed by atoms with Gasteiger partial charge in [0.2, 0.25) is 0 Å². The van der Waals surface area contributed by atoms with Gasteiger partial charge in [-0.05, 0) is 47.9 Å². The second-order valence-electron chi connectivity index (χ2n) is 5.12. The second-order valence-corrected chi connectivity index (χ2v) is 5.12. The Kier molecular flexibility index (Phi) is 3.84. The molecular weight excluding hydrogens is 260 g/mol. The summed E-state index contributed by atoms with van der Waals surface area (Å²) in [5, 5.41) is 1.13. The van der Waals surface area contributed by atoms with E-state index in [-0.39, 0.29) is 0 Å². The van der Waals surface area contributed by atoms with Crippen LogP contribution in [-0.4, -0.2) is 4.98 Å². The normalized spacial score (nSPS) is 10.8. The van der Waals surface area contributed by atoms with Gasteiger partial charge in [0.25, 0.3) is 0 Å². The molecule has 0 bridgehead atoms. The number of benzene rings is 2. The standard InChI is InChI=1S/C18H18N2O/c1-13-4-5-14(11-19)10-18(13)21-12-15-6-7-17-16(9-15)3-2-8-20-17/h2-10H,11-12,19H2,1H3. The lowest BCUT2D eigenvalue weighted by Gasteiger charge is -2.11. The zero-order chi connectivity index (χ0) is 14.7. The van der Waals surface area contributed by atoms with E-state index in [2.05, 4.69) is 23.2 Å². The first-order chi connectivity index (χ1) is 10.3. The lowest BCUT2D eigenvalue weighted by molar-refractivity contribution is 0.304. The number of pyridine rings is 1. The maximum Gasteiger partial charge on any atom is 0.123 e. The van der Waals surface area contributed by atoms with Crippen molar-refractivity contribution in [2.45, 2.75) is 20.1 Å². The summed E-state index contributed by atoms with van der Waals surface area (Å²) in [6.45, 7) is 3.11. The smallest absolute Gasteiger partial charge is 0.123 e. The van der Waals surface area contributed by atoms with Crippen LogP contribution in [0.4, 0.5) is 0 Å². The number of aryl methyl sites for hydroxylation is 1. The van der Waals surface area contributed by atoms with Gasteiger partial charge in [-0.15, -0.1) is 0 Å². The van der Waals surface area contributed by atoms with E-state index >= 15 is 0 Å². The highest BCUT2D eigenvalue weighted by Gasteiger charge is 2.03. The molecule has 3 heteroatoms. The quantitative estimate of drug-likeness (QED) is 0.793. The molecule has 0 unspecified atom stereocenters. The highest BCUT2D eigenvalue weighted by Crippen LogP contribution is 2.21. The number of fused-ring (bicyclic) bond motifs is 1. The van der Waals surface area contributed by atoms with E-state index < -0.39 is 0 Å². The fourth-order valence-corrected chi connectivity index (χ4v) is 2.30. The predicted molar refractivity (Wildman–Crippen MR) is 85.1 cm³/mol. The van der Waals surface area contributed by atoms with Crippen LogP contribution in [0.1, 0.15) is 16.7 Å². The van der Waals surface area contributed by atoms with Crippen LogP contribution in [0.3, 0.4) is 0 Å². The summed E-state index contributed by atoms with van der Waals surface area (Å²) >= 11 is 0. The molecule has 0 atom stereocenters. The Morgan fingerprint density at radius 1 is 1.05 bits per heavy atom. The highest BCUT2D eigenvalue weighted by atomic mass is 16.5. The van der Waals surface area contributed by atoms with Gasteiger partial charge < -0.3 is 10.5 Å². The van der Waals surface area contributed by atoms with Crippen molar-refractivity contribution in [2.24, 2.45) is 5.73 Å². The fourth-order valence-electron chi connectivity index (χ4n) is 2.30. The van der Waals surface area contributed by atoms with E-state index in [0.717, 1.165) is 33.3 Å². The first-order valence-corrected chi connectivity index (χ1v) is 7.02. The Balaban J connectivity index is 1.80. The number of ether oxygens (including phenoxy) is 1. The Morgan fingerprint density at radius 2 is 1.90 bits per heavy atom. The minimum atomic E-state index is 0.526. The minimum absolute atomic E-state index is 0.526. The van der Waals surface area contributed by atoms with E-state index in [1.165, 1.54) is 0 Å². The number of nitrogens with zero attached hydrogens (tertiary/aromatic N) is 1. The van der Waals surface area contributed by atoms with Gasteiger partial charge in [0, 0.05) is 18.1 Å². The van der Waals surface area contributed by atoms with Crippen molar-refractivity contribution >= 4 is 10.9 Å². The zero-order valence-electron chi connectivity index (χ0n) is 12.0. The van der Waals surface area contributed by atoms with Crippen LogP contribution in [0.25, 0.3) is 10.9 Å². The van der Waals surface area contributed by atoms with Crippen molar-refractivity contribution in [1.29, 1.82) is 0 Å². The predicted octanol–water partition coefficient (Wildman–Crippen LogP) is 3.58. The summed E-state index contributed by atoms with van der Waals surface area (Å²) in [5.74, 6) is 0.893. The molecule has 2 aromatic carbocycles. The van der Waals surface area contributed by atoms with Crippen molar-refractivity contribution in [3.63, 3.8) is 0 Å². The Labute approximate surface area is 124 Å². The van der Waals surface area contributed by atoms with Crippen LogP contribution in [0.2, 0.25) is 0 Å². The van der Waals surface area contributed by atoms with Gasteiger partial charge >= 0.3 is 0 Å². The van der Waals surface area contributed by atoms with Crippen LogP contribution < -0.4 is 10.5 Å². The fraction of sp³-hybridized carbons (Fsp3) is 0.167. The number of nitrogens with two attached hydrogens (primary N) is 1. The van der Waals surface area contributed by atoms with Gasteiger partial charge in [-0.2, -0.15) is 0 Å². The molecule has 2 N–H and O–H groups in total. The van der Waals surface area contributed by atoms with Gasteiger partial charge in [-0.1, -0.05) is 24.3 Å². The lowest BCUT2D eigenvalue weighted by Crippen LogP contribution is -2.00. The molecule has 3 nitrogen and oxygen atoms in total. The maximum absolute atomic E-state index is 5.94. The molecule has 0 spiro atoms. The number of hydrogen-bond donors (Lipinski definition) is 1. The Morgan fingerprint density at radius 3 is 2.76 bits per heavy atom. The Bertz CT molecular complexity index is 768. The van der Waals surface area contributed by atoms with Crippen molar-refractivity contribution in [3.8, 4) is 5.75 Å². The molecule has 1 heterocycles. The summed E-state index contributed by atoms with van der Waals surface area (Å²) in [5.41, 5.74) is 10.0. The van der Waals surface area contributed by atoms with Gasteiger partial charge in [0.15, 0.2) is 0 Å². The van der Waals surface area contributed by atoms with Crippen LogP contribution in [0.15, 0.2) is 54.7 Å². The van der Waals surface area contributed by atoms with Crippen molar-refractivity contribution in [2.75, 3.05) is 0 Å². The molecule has 3 aromatic rings. The molecule has 3 rings (SSSR count). The molecule has 0 aliphatic rings. The van der Waals surface area contributed by atoms with Crippen molar-refractivity contribution in [1.82, 2.24) is 4.98 Å². The monoisotopic (exact) mass is 278 g/mol. The third kappa shape index (κ3) is 3.03. The lowest BCUT2D eigenvalue weighted by atomic mass is 10.1. The number of rotatable bonds is 4. The van der Waals surface area contributed by atoms with E-state index in [1.54, 1.807) is 6.20 Å². The minimum Gasteiger partial charge on any atom is -0.489 e. The molecular formula is C18H18N2O. The number of hydrogen-bond acceptors (Lipinski definition) is 3. The van der Waals surface area contributed by atoms with Gasteiger partial charge in [-0.25, -0.2) is 0 Å². The van der Waals surface area contributed by atoms with Gasteiger partial charge in [0.1, 0.15) is 12.4 Å². The van der Waals surface area contributed by atoms with Crippen molar-refractivity contribution in [3.05, 3.63) is 71.4 Å². The topological polar surface area (TPSA) is 48.1 Å². The van der Waals surface area contributed by atoms with Crippen LogP contribution in [-0.2, 0) is 13.2 Å². The Hall–Kier alpha value is -2.39. The molecule has 1 aromatic heterocycles. The second kappa shape index (κ2) is 5.94. The molecule has 0 aliphatic heterocycles. The van der Waals surface area contributed by atoms with Crippen LogP contribution in [0.5, 0.6) is 5.75 Å². The van der Waals surface area contributed by atoms with E-state index in [0.29, 0.717) is 13.2 Å². The number of aromatic nitrogens is 1. The average molecular weight is 278 g/mol. The molecule has 21 heavy (non-hydrogen) atoms. The van der Waals surface area contributed by atoms with Crippen LogP contribution in [0, 0.1) is 6.92 Å². The maximum atomic E-state index is 5.94. The summed E-state index contributed by atoms with van der Waals surface area (Å²) in [6, 6.07) is 16.3. The third-order valence-electron chi connectivity index (χ3n) is 3.55. The molecule has 0 saturated carbocycles. The summed E-state index contributed by atoms with van der Waals surface area (Å²) in [6.07, 6.45) is 1.81. The first-order valence-electron chi connectivity index (χ1n) is 7.02.